The fourth-order valence-corrected chi connectivity index (χ4v) is 4.52. The molecule has 0 atom stereocenters. The fraction of sp³-hybridized carbons (Fsp3) is 0.375. The maximum atomic E-state index is 13.4. The van der Waals surface area contributed by atoms with Crippen molar-refractivity contribution in [2.24, 2.45) is 0 Å². The first kappa shape index (κ1) is 21.1. The number of aromatic nitrogens is 3. The van der Waals surface area contributed by atoms with Crippen LogP contribution >= 0.6 is 11.6 Å². The first-order valence-corrected chi connectivity index (χ1v) is 11.4. The van der Waals surface area contributed by atoms with Gasteiger partial charge in [-0.1, -0.05) is 29.8 Å². The van der Waals surface area contributed by atoms with E-state index >= 15 is 0 Å². The van der Waals surface area contributed by atoms with E-state index in [9.17, 15) is 4.79 Å². The molecule has 0 unspecified atom stereocenters. The van der Waals surface area contributed by atoms with Gasteiger partial charge >= 0.3 is 0 Å². The van der Waals surface area contributed by atoms with Gasteiger partial charge in [-0.2, -0.15) is 5.10 Å². The Morgan fingerprint density at radius 3 is 2.59 bits per heavy atom. The molecule has 166 valence electrons. The summed E-state index contributed by atoms with van der Waals surface area (Å²) in [5.41, 5.74) is 4.89. The molecule has 7 nitrogen and oxygen atoms in total. The van der Waals surface area contributed by atoms with Crippen LogP contribution in [-0.2, 0) is 30.8 Å². The molecular formula is C24H26ClN5O2. The summed E-state index contributed by atoms with van der Waals surface area (Å²) in [6.07, 6.45) is 2.64. The number of hydrogen-bond acceptors (Lipinski definition) is 5. The molecule has 0 N–H and O–H groups in total. The van der Waals surface area contributed by atoms with Gasteiger partial charge in [-0.05, 0) is 29.8 Å². The molecule has 0 aliphatic carbocycles. The van der Waals surface area contributed by atoms with Crippen LogP contribution in [0.15, 0.2) is 48.7 Å². The number of hydrogen-bond donors (Lipinski definition) is 0. The van der Waals surface area contributed by atoms with Crippen molar-refractivity contribution < 1.29 is 9.53 Å². The summed E-state index contributed by atoms with van der Waals surface area (Å²) in [5.74, 6) is -0.00216. The van der Waals surface area contributed by atoms with Crippen molar-refractivity contribution in [2.75, 3.05) is 32.8 Å². The number of ether oxygens (including phenoxy) is 1. The van der Waals surface area contributed by atoms with Crippen LogP contribution in [0.2, 0.25) is 5.02 Å². The van der Waals surface area contributed by atoms with Crippen LogP contribution in [0.3, 0.4) is 0 Å². The molecule has 3 aromatic rings. The summed E-state index contributed by atoms with van der Waals surface area (Å²) in [6, 6.07) is 13.8. The van der Waals surface area contributed by atoms with E-state index in [4.69, 9.17) is 21.4 Å². The van der Waals surface area contributed by atoms with Crippen LogP contribution < -0.4 is 0 Å². The number of morpholine rings is 1. The Labute approximate surface area is 192 Å². The summed E-state index contributed by atoms with van der Waals surface area (Å²) >= 11 is 6.04. The number of fused-ring (bicyclic) bond motifs is 1. The number of carbonyl (C=O) groups excluding carboxylic acids is 1. The molecule has 4 heterocycles. The smallest absolute Gasteiger partial charge is 0.274 e. The van der Waals surface area contributed by atoms with Gasteiger partial charge in [-0.25, -0.2) is 0 Å². The number of rotatable bonds is 5. The van der Waals surface area contributed by atoms with Crippen LogP contribution in [0, 0.1) is 0 Å². The summed E-state index contributed by atoms with van der Waals surface area (Å²) < 4.78 is 7.41. The number of carbonyl (C=O) groups is 1. The van der Waals surface area contributed by atoms with Crippen molar-refractivity contribution in [2.45, 2.75) is 26.1 Å². The van der Waals surface area contributed by atoms with Gasteiger partial charge in [0.05, 0.1) is 25.5 Å². The Kier molecular flexibility index (Phi) is 6.21. The average molecular weight is 452 g/mol. The zero-order chi connectivity index (χ0) is 21.9. The highest BCUT2D eigenvalue weighted by atomic mass is 35.5. The molecule has 1 saturated heterocycles. The highest BCUT2D eigenvalue weighted by Gasteiger charge is 2.31. The molecule has 1 fully saturated rings. The number of benzene rings is 1. The van der Waals surface area contributed by atoms with Crippen LogP contribution in [-0.4, -0.2) is 63.3 Å². The van der Waals surface area contributed by atoms with Gasteiger partial charge in [-0.15, -0.1) is 0 Å². The average Bonchev–Trinajstić information content (AvgIpc) is 3.19. The van der Waals surface area contributed by atoms with Gasteiger partial charge in [0.2, 0.25) is 0 Å². The monoisotopic (exact) mass is 451 g/mol. The molecule has 32 heavy (non-hydrogen) atoms. The molecule has 5 rings (SSSR count). The lowest BCUT2D eigenvalue weighted by molar-refractivity contribution is 0.0297. The summed E-state index contributed by atoms with van der Waals surface area (Å²) in [5, 5.41) is 5.56. The molecule has 2 aliphatic rings. The number of pyridine rings is 1. The van der Waals surface area contributed by atoms with E-state index in [-0.39, 0.29) is 5.91 Å². The van der Waals surface area contributed by atoms with Crippen LogP contribution in [0.5, 0.6) is 0 Å². The van der Waals surface area contributed by atoms with Crippen molar-refractivity contribution in [3.63, 3.8) is 0 Å². The Bertz CT molecular complexity index is 1080. The summed E-state index contributed by atoms with van der Waals surface area (Å²) in [6.45, 7) is 5.35. The number of halogens is 1. The molecule has 0 bridgehead atoms. The number of amides is 1. The Hall–Kier alpha value is -2.74. The van der Waals surface area contributed by atoms with Crippen molar-refractivity contribution in [3.05, 3.63) is 81.9 Å². The molecular weight excluding hydrogens is 426 g/mol. The number of nitrogens with zero attached hydrogens (tertiary/aromatic N) is 5. The van der Waals surface area contributed by atoms with E-state index in [1.165, 1.54) is 5.56 Å². The maximum absolute atomic E-state index is 13.4. The summed E-state index contributed by atoms with van der Waals surface area (Å²) in [4.78, 5) is 22.1. The highest BCUT2D eigenvalue weighted by molar-refractivity contribution is 6.30. The maximum Gasteiger partial charge on any atom is 0.274 e. The van der Waals surface area contributed by atoms with Crippen molar-refractivity contribution in [1.82, 2.24) is 24.6 Å². The Morgan fingerprint density at radius 2 is 1.84 bits per heavy atom. The van der Waals surface area contributed by atoms with E-state index in [0.717, 1.165) is 41.5 Å². The zero-order valence-electron chi connectivity index (χ0n) is 17.9. The second-order valence-electron chi connectivity index (χ2n) is 8.24. The molecule has 8 heteroatoms. The zero-order valence-corrected chi connectivity index (χ0v) is 18.7. The Balaban J connectivity index is 1.43. The molecule has 0 spiro atoms. The van der Waals surface area contributed by atoms with Crippen LogP contribution in [0.4, 0.5) is 0 Å². The van der Waals surface area contributed by atoms with Gasteiger partial charge in [0.15, 0.2) is 5.69 Å². The predicted octanol–water partition coefficient (Wildman–Crippen LogP) is 3.01. The lowest BCUT2D eigenvalue weighted by Gasteiger charge is -2.29. The largest absolute Gasteiger partial charge is 0.378 e. The van der Waals surface area contributed by atoms with Crippen molar-refractivity contribution in [3.8, 4) is 0 Å². The minimum atomic E-state index is -0.00216. The van der Waals surface area contributed by atoms with Crippen molar-refractivity contribution in [1.29, 1.82) is 0 Å². The van der Waals surface area contributed by atoms with Gasteiger partial charge in [0.25, 0.3) is 5.91 Å². The van der Waals surface area contributed by atoms with Gasteiger partial charge in [-0.3, -0.25) is 19.4 Å². The third kappa shape index (κ3) is 4.55. The van der Waals surface area contributed by atoms with E-state index < -0.39 is 0 Å². The quantitative estimate of drug-likeness (QED) is 0.596. The highest BCUT2D eigenvalue weighted by Crippen LogP contribution is 2.26. The van der Waals surface area contributed by atoms with Crippen LogP contribution in [0.1, 0.15) is 33.0 Å². The third-order valence-corrected chi connectivity index (χ3v) is 6.32. The molecule has 1 aromatic carbocycles. The minimum absolute atomic E-state index is 0.00216. The van der Waals surface area contributed by atoms with Crippen LogP contribution in [0.25, 0.3) is 0 Å². The van der Waals surface area contributed by atoms with Crippen molar-refractivity contribution >= 4 is 17.5 Å². The molecule has 2 aromatic heterocycles. The fourth-order valence-electron chi connectivity index (χ4n) is 4.39. The molecule has 1 amide bonds. The second-order valence-corrected chi connectivity index (χ2v) is 8.68. The first-order valence-electron chi connectivity index (χ1n) is 11.0. The van der Waals surface area contributed by atoms with E-state index in [2.05, 4.69) is 22.0 Å². The molecule has 2 aliphatic heterocycles. The normalized spacial score (nSPS) is 16.7. The first-order chi connectivity index (χ1) is 15.7. The lowest BCUT2D eigenvalue weighted by atomic mass is 10.0. The topological polar surface area (TPSA) is 63.5 Å². The lowest BCUT2D eigenvalue weighted by Crippen LogP contribution is -2.41. The van der Waals surface area contributed by atoms with Gasteiger partial charge in [0.1, 0.15) is 0 Å². The van der Waals surface area contributed by atoms with E-state index in [0.29, 0.717) is 45.1 Å². The second kappa shape index (κ2) is 9.40. The predicted molar refractivity (Wildman–Crippen MR) is 122 cm³/mol. The summed E-state index contributed by atoms with van der Waals surface area (Å²) in [7, 11) is 0. The molecule has 0 saturated carbocycles. The van der Waals surface area contributed by atoms with E-state index in [1.54, 1.807) is 6.20 Å². The third-order valence-electron chi connectivity index (χ3n) is 6.07. The van der Waals surface area contributed by atoms with Gasteiger partial charge < -0.3 is 9.64 Å². The van der Waals surface area contributed by atoms with E-state index in [1.807, 2.05) is 39.9 Å². The standard InChI is InChI=1S/C24H26ClN5O2/c25-19-6-4-18(5-7-19)15-28-10-8-22-21(17-28)23(24(31)29-11-13-32-14-12-29)27-30(22)16-20-3-1-2-9-26-20/h1-7,9H,8,10-17H2. The molecule has 0 radical (unpaired) electrons. The Morgan fingerprint density at radius 1 is 1.03 bits per heavy atom. The van der Waals surface area contributed by atoms with Gasteiger partial charge in [0, 0.05) is 61.6 Å². The SMILES string of the molecule is O=C(c1nn(Cc2ccccn2)c2c1CN(Cc1ccc(Cl)cc1)CC2)N1CCOCC1. The minimum Gasteiger partial charge on any atom is -0.378 e.